The largest absolute Gasteiger partial charge is 0.411 e. The van der Waals surface area contributed by atoms with Crippen molar-refractivity contribution in [1.29, 1.82) is 0 Å². The zero-order chi connectivity index (χ0) is 11.5. The highest BCUT2D eigenvalue weighted by atomic mass is 19.4. The Labute approximate surface area is 85.8 Å². The van der Waals surface area contributed by atoms with Crippen LogP contribution >= 0.6 is 0 Å². The Bertz CT molecular complexity index is 336. The topological polar surface area (TPSA) is 35.2 Å². The van der Waals surface area contributed by atoms with Crippen molar-refractivity contribution in [3.05, 3.63) is 29.3 Å². The van der Waals surface area contributed by atoms with Crippen LogP contribution in [0.3, 0.4) is 0 Å². The van der Waals surface area contributed by atoms with Crippen molar-refractivity contribution in [3.8, 4) is 0 Å². The van der Waals surface area contributed by atoms with E-state index in [0.29, 0.717) is 11.3 Å². The molecule has 0 bridgehead atoms. The number of alkyl halides is 3. The third-order valence-electron chi connectivity index (χ3n) is 2.01. The Kier molecular flexibility index (Phi) is 3.57. The Hall–Kier alpha value is -1.23. The van der Waals surface area contributed by atoms with Crippen molar-refractivity contribution in [2.24, 2.45) is 0 Å². The summed E-state index contributed by atoms with van der Waals surface area (Å²) in [6.45, 7) is 0.444. The quantitative estimate of drug-likeness (QED) is 0.793. The van der Waals surface area contributed by atoms with Gasteiger partial charge in [-0.05, 0) is 24.1 Å². The van der Waals surface area contributed by atoms with Gasteiger partial charge in [0.25, 0.3) is 0 Å². The molecule has 15 heavy (non-hydrogen) atoms. The standard InChI is InChI=1S/C10H12F3NO/c1-7-8(3-2-4-9(7)14)5-15-6-10(11,12)13/h2-4H,5-6,14H2,1H3. The molecule has 0 atom stereocenters. The van der Waals surface area contributed by atoms with Gasteiger partial charge in [0.1, 0.15) is 6.61 Å². The summed E-state index contributed by atoms with van der Waals surface area (Å²) in [5.74, 6) is 0. The van der Waals surface area contributed by atoms with Crippen LogP contribution in [-0.4, -0.2) is 12.8 Å². The van der Waals surface area contributed by atoms with Gasteiger partial charge >= 0.3 is 6.18 Å². The molecule has 0 saturated heterocycles. The SMILES string of the molecule is Cc1c(N)cccc1COCC(F)(F)F. The number of halogens is 3. The lowest BCUT2D eigenvalue weighted by Gasteiger charge is -2.10. The maximum Gasteiger partial charge on any atom is 0.411 e. The first-order valence-electron chi connectivity index (χ1n) is 4.38. The zero-order valence-electron chi connectivity index (χ0n) is 8.27. The van der Waals surface area contributed by atoms with Crippen LogP contribution in [0.15, 0.2) is 18.2 Å². The fourth-order valence-electron chi connectivity index (χ4n) is 1.14. The summed E-state index contributed by atoms with van der Waals surface area (Å²) in [5, 5.41) is 0. The summed E-state index contributed by atoms with van der Waals surface area (Å²) in [5.41, 5.74) is 7.60. The lowest BCUT2D eigenvalue weighted by atomic mass is 10.1. The van der Waals surface area contributed by atoms with Gasteiger partial charge in [0.15, 0.2) is 0 Å². The number of ether oxygens (including phenoxy) is 1. The monoisotopic (exact) mass is 219 g/mol. The van der Waals surface area contributed by atoms with E-state index >= 15 is 0 Å². The first-order valence-corrected chi connectivity index (χ1v) is 4.38. The average molecular weight is 219 g/mol. The van der Waals surface area contributed by atoms with E-state index in [-0.39, 0.29) is 6.61 Å². The number of nitrogens with two attached hydrogens (primary N) is 1. The average Bonchev–Trinajstić information content (AvgIpc) is 2.10. The van der Waals surface area contributed by atoms with Gasteiger partial charge < -0.3 is 10.5 Å². The predicted octanol–water partition coefficient (Wildman–Crippen LogP) is 2.66. The van der Waals surface area contributed by atoms with Gasteiger partial charge in [-0.25, -0.2) is 0 Å². The Morgan fingerprint density at radius 3 is 2.60 bits per heavy atom. The van der Waals surface area contributed by atoms with Gasteiger partial charge in [0.05, 0.1) is 6.61 Å². The van der Waals surface area contributed by atoms with Crippen molar-refractivity contribution < 1.29 is 17.9 Å². The van der Waals surface area contributed by atoms with Crippen molar-refractivity contribution in [3.63, 3.8) is 0 Å². The van der Waals surface area contributed by atoms with E-state index in [4.69, 9.17) is 5.73 Å². The fraction of sp³-hybridized carbons (Fsp3) is 0.400. The molecular weight excluding hydrogens is 207 g/mol. The number of anilines is 1. The molecule has 0 aliphatic rings. The van der Waals surface area contributed by atoms with E-state index in [9.17, 15) is 13.2 Å². The molecule has 0 aromatic heterocycles. The summed E-state index contributed by atoms with van der Waals surface area (Å²) in [6, 6.07) is 5.08. The minimum absolute atomic E-state index is 0.0730. The summed E-state index contributed by atoms with van der Waals surface area (Å²) < 4.78 is 39.9. The molecular formula is C10H12F3NO. The second kappa shape index (κ2) is 4.53. The van der Waals surface area contributed by atoms with Gasteiger partial charge in [-0.2, -0.15) is 13.2 Å². The third kappa shape index (κ3) is 3.79. The highest BCUT2D eigenvalue weighted by molar-refractivity contribution is 5.49. The van der Waals surface area contributed by atoms with Crippen molar-refractivity contribution in [2.75, 3.05) is 12.3 Å². The Balaban J connectivity index is 2.55. The molecule has 0 fully saturated rings. The molecule has 0 heterocycles. The lowest BCUT2D eigenvalue weighted by Crippen LogP contribution is -2.17. The number of benzene rings is 1. The maximum absolute atomic E-state index is 11.8. The van der Waals surface area contributed by atoms with Crippen LogP contribution in [0.2, 0.25) is 0 Å². The van der Waals surface area contributed by atoms with Crippen LogP contribution in [0, 0.1) is 6.92 Å². The van der Waals surface area contributed by atoms with E-state index in [1.54, 1.807) is 25.1 Å². The van der Waals surface area contributed by atoms with Crippen LogP contribution in [0.4, 0.5) is 18.9 Å². The first kappa shape index (κ1) is 11.8. The first-order chi connectivity index (χ1) is 6.90. The molecule has 84 valence electrons. The molecule has 0 radical (unpaired) electrons. The molecule has 1 rings (SSSR count). The minimum Gasteiger partial charge on any atom is -0.399 e. The zero-order valence-corrected chi connectivity index (χ0v) is 8.27. The summed E-state index contributed by atoms with van der Waals surface area (Å²) in [7, 11) is 0. The van der Waals surface area contributed by atoms with Crippen molar-refractivity contribution in [2.45, 2.75) is 19.7 Å². The van der Waals surface area contributed by atoms with E-state index in [0.717, 1.165) is 5.56 Å². The van der Waals surface area contributed by atoms with Gasteiger partial charge in [0.2, 0.25) is 0 Å². The van der Waals surface area contributed by atoms with E-state index in [1.807, 2.05) is 0 Å². The van der Waals surface area contributed by atoms with E-state index < -0.39 is 12.8 Å². The number of hydrogen-bond donors (Lipinski definition) is 1. The smallest absolute Gasteiger partial charge is 0.399 e. The van der Waals surface area contributed by atoms with Gasteiger partial charge in [0, 0.05) is 5.69 Å². The molecule has 5 heteroatoms. The predicted molar refractivity (Wildman–Crippen MR) is 51.3 cm³/mol. The lowest BCUT2D eigenvalue weighted by molar-refractivity contribution is -0.176. The summed E-state index contributed by atoms with van der Waals surface area (Å²) in [4.78, 5) is 0. The molecule has 2 nitrogen and oxygen atoms in total. The Morgan fingerprint density at radius 1 is 1.33 bits per heavy atom. The van der Waals surface area contributed by atoms with Crippen LogP contribution in [0.25, 0.3) is 0 Å². The Morgan fingerprint density at radius 2 is 2.00 bits per heavy atom. The third-order valence-corrected chi connectivity index (χ3v) is 2.01. The summed E-state index contributed by atoms with van der Waals surface area (Å²) in [6.07, 6.45) is -4.28. The van der Waals surface area contributed by atoms with E-state index in [1.165, 1.54) is 0 Å². The molecule has 2 N–H and O–H groups in total. The van der Waals surface area contributed by atoms with Gasteiger partial charge in [-0.3, -0.25) is 0 Å². The number of hydrogen-bond acceptors (Lipinski definition) is 2. The molecule has 0 saturated carbocycles. The van der Waals surface area contributed by atoms with Crippen LogP contribution in [0.1, 0.15) is 11.1 Å². The molecule has 0 unspecified atom stereocenters. The summed E-state index contributed by atoms with van der Waals surface area (Å²) >= 11 is 0. The normalized spacial score (nSPS) is 11.7. The minimum atomic E-state index is -4.28. The van der Waals surface area contributed by atoms with Crippen molar-refractivity contribution in [1.82, 2.24) is 0 Å². The van der Waals surface area contributed by atoms with Gasteiger partial charge in [-0.1, -0.05) is 12.1 Å². The maximum atomic E-state index is 11.8. The van der Waals surface area contributed by atoms with Crippen LogP contribution < -0.4 is 5.73 Å². The second-order valence-electron chi connectivity index (χ2n) is 3.24. The molecule has 0 spiro atoms. The molecule has 0 aliphatic heterocycles. The molecule has 0 amide bonds. The number of rotatable bonds is 3. The molecule has 0 aliphatic carbocycles. The highest BCUT2D eigenvalue weighted by Gasteiger charge is 2.27. The number of nitrogen functional groups attached to an aromatic ring is 1. The van der Waals surface area contributed by atoms with E-state index in [2.05, 4.69) is 4.74 Å². The molecule has 1 aromatic rings. The fourth-order valence-corrected chi connectivity index (χ4v) is 1.14. The van der Waals surface area contributed by atoms with Gasteiger partial charge in [-0.15, -0.1) is 0 Å². The van der Waals surface area contributed by atoms with Crippen molar-refractivity contribution >= 4 is 5.69 Å². The second-order valence-corrected chi connectivity index (χ2v) is 3.24. The highest BCUT2D eigenvalue weighted by Crippen LogP contribution is 2.19. The van der Waals surface area contributed by atoms with Crippen LogP contribution in [-0.2, 0) is 11.3 Å². The van der Waals surface area contributed by atoms with Crippen LogP contribution in [0.5, 0.6) is 0 Å². The molecule has 1 aromatic carbocycles.